The summed E-state index contributed by atoms with van der Waals surface area (Å²) in [6.45, 7) is 2.96. The van der Waals surface area contributed by atoms with Crippen LogP contribution in [0.1, 0.15) is 17.8 Å². The number of aromatic hydroxyl groups is 1. The second-order valence-electron chi connectivity index (χ2n) is 5.19. The topological polar surface area (TPSA) is 38.0 Å². The largest absolute Gasteiger partial charge is 0.506 e. The van der Waals surface area contributed by atoms with Gasteiger partial charge in [0.05, 0.1) is 16.1 Å². The van der Waals surface area contributed by atoms with Gasteiger partial charge in [0.1, 0.15) is 11.6 Å². The summed E-state index contributed by atoms with van der Waals surface area (Å²) in [5.41, 5.74) is 3.36. The van der Waals surface area contributed by atoms with Crippen molar-refractivity contribution in [3.8, 4) is 5.75 Å². The van der Waals surface area contributed by atoms with E-state index in [0.29, 0.717) is 5.02 Å². The van der Waals surface area contributed by atoms with Crippen LogP contribution >= 0.6 is 11.6 Å². The van der Waals surface area contributed by atoms with Crippen LogP contribution in [0.4, 0.5) is 0 Å². The Balaban J connectivity index is 1.72. The number of imidazole rings is 1. The lowest BCUT2D eigenvalue weighted by Crippen LogP contribution is -2.01. The molecule has 1 heterocycles. The van der Waals surface area contributed by atoms with E-state index in [4.69, 9.17) is 11.6 Å². The highest BCUT2D eigenvalue weighted by molar-refractivity contribution is 6.32. The third-order valence-corrected chi connectivity index (χ3v) is 4.01. The monoisotopic (exact) mass is 300 g/mol. The second-order valence-corrected chi connectivity index (χ2v) is 5.60. The van der Waals surface area contributed by atoms with Gasteiger partial charge in [0, 0.05) is 6.54 Å². The van der Waals surface area contributed by atoms with Crippen LogP contribution in [-0.2, 0) is 13.0 Å². The van der Waals surface area contributed by atoms with E-state index in [-0.39, 0.29) is 5.75 Å². The van der Waals surface area contributed by atoms with Crippen molar-refractivity contribution < 1.29 is 5.11 Å². The van der Waals surface area contributed by atoms with E-state index in [9.17, 15) is 5.11 Å². The van der Waals surface area contributed by atoms with Crippen LogP contribution in [0, 0.1) is 6.92 Å². The van der Waals surface area contributed by atoms with E-state index in [1.54, 1.807) is 6.07 Å². The highest BCUT2D eigenvalue weighted by Gasteiger charge is 2.06. The van der Waals surface area contributed by atoms with Gasteiger partial charge < -0.3 is 9.67 Å². The Kier molecular flexibility index (Phi) is 3.84. The number of fused-ring (bicyclic) bond motifs is 1. The number of phenolic OH excluding ortho intramolecular Hbond substituents is 1. The SMILES string of the molecule is Cc1nc2ccccc2n1CCCc1ccc(O)c(Cl)c1. The first-order valence-electron chi connectivity index (χ1n) is 7.04. The Morgan fingerprint density at radius 2 is 2.00 bits per heavy atom. The minimum atomic E-state index is 0.136. The highest BCUT2D eigenvalue weighted by Crippen LogP contribution is 2.24. The summed E-state index contributed by atoms with van der Waals surface area (Å²) in [7, 11) is 0. The maximum Gasteiger partial charge on any atom is 0.134 e. The van der Waals surface area contributed by atoms with Crippen molar-refractivity contribution in [1.29, 1.82) is 0 Å². The van der Waals surface area contributed by atoms with Crippen LogP contribution in [0.15, 0.2) is 42.5 Å². The first kappa shape index (κ1) is 14.0. The Bertz CT molecular complexity index is 780. The summed E-state index contributed by atoms with van der Waals surface area (Å²) >= 11 is 5.93. The van der Waals surface area contributed by atoms with Crippen molar-refractivity contribution >= 4 is 22.6 Å². The predicted octanol–water partition coefficient (Wildman–Crippen LogP) is 4.34. The van der Waals surface area contributed by atoms with Crippen molar-refractivity contribution in [1.82, 2.24) is 9.55 Å². The zero-order valence-corrected chi connectivity index (χ0v) is 12.6. The van der Waals surface area contributed by atoms with Crippen molar-refractivity contribution in [3.05, 3.63) is 58.9 Å². The molecule has 21 heavy (non-hydrogen) atoms. The number of halogens is 1. The minimum absolute atomic E-state index is 0.136. The van der Waals surface area contributed by atoms with Gasteiger partial charge in [0.25, 0.3) is 0 Å². The quantitative estimate of drug-likeness (QED) is 0.778. The third kappa shape index (κ3) is 2.88. The molecule has 108 valence electrons. The van der Waals surface area contributed by atoms with Crippen LogP contribution in [0.2, 0.25) is 5.02 Å². The molecule has 0 saturated heterocycles. The molecule has 0 aliphatic heterocycles. The van der Waals surface area contributed by atoms with Gasteiger partial charge in [-0.25, -0.2) is 4.98 Å². The van der Waals surface area contributed by atoms with Crippen molar-refractivity contribution in [2.45, 2.75) is 26.3 Å². The van der Waals surface area contributed by atoms with E-state index in [1.807, 2.05) is 37.3 Å². The number of para-hydroxylation sites is 2. The Labute approximate surface area is 128 Å². The molecular weight excluding hydrogens is 284 g/mol. The van der Waals surface area contributed by atoms with Crippen LogP contribution < -0.4 is 0 Å². The van der Waals surface area contributed by atoms with E-state index in [2.05, 4.69) is 15.6 Å². The second kappa shape index (κ2) is 5.78. The Hall–Kier alpha value is -2.00. The molecule has 4 heteroatoms. The number of nitrogens with zero attached hydrogens (tertiary/aromatic N) is 2. The predicted molar refractivity (Wildman–Crippen MR) is 85.9 cm³/mol. The third-order valence-electron chi connectivity index (χ3n) is 3.70. The maximum atomic E-state index is 9.43. The van der Waals surface area contributed by atoms with Gasteiger partial charge in [0.2, 0.25) is 0 Å². The molecule has 0 unspecified atom stereocenters. The van der Waals surface area contributed by atoms with E-state index >= 15 is 0 Å². The first-order valence-corrected chi connectivity index (χ1v) is 7.42. The van der Waals surface area contributed by atoms with Crippen LogP contribution in [0.25, 0.3) is 11.0 Å². The Morgan fingerprint density at radius 1 is 1.19 bits per heavy atom. The van der Waals surface area contributed by atoms with Gasteiger partial charge in [-0.15, -0.1) is 0 Å². The van der Waals surface area contributed by atoms with Gasteiger partial charge in [0.15, 0.2) is 0 Å². The molecule has 0 atom stereocenters. The molecule has 1 aromatic heterocycles. The molecule has 1 N–H and O–H groups in total. The fourth-order valence-electron chi connectivity index (χ4n) is 2.63. The van der Waals surface area contributed by atoms with Crippen molar-refractivity contribution in [2.75, 3.05) is 0 Å². The lowest BCUT2D eigenvalue weighted by Gasteiger charge is -2.07. The Morgan fingerprint density at radius 3 is 2.81 bits per heavy atom. The number of phenols is 1. The molecule has 0 fully saturated rings. The van der Waals surface area contributed by atoms with Crippen molar-refractivity contribution in [3.63, 3.8) is 0 Å². The number of aromatic nitrogens is 2. The fraction of sp³-hybridized carbons (Fsp3) is 0.235. The molecule has 0 amide bonds. The summed E-state index contributed by atoms with van der Waals surface area (Å²) < 4.78 is 2.25. The normalized spacial score (nSPS) is 11.1. The van der Waals surface area contributed by atoms with Gasteiger partial charge >= 0.3 is 0 Å². The average Bonchev–Trinajstić information content (AvgIpc) is 2.79. The van der Waals surface area contributed by atoms with Crippen molar-refractivity contribution in [2.24, 2.45) is 0 Å². The molecule has 0 bridgehead atoms. The molecule has 0 spiro atoms. The summed E-state index contributed by atoms with van der Waals surface area (Å²) in [5, 5.41) is 9.84. The van der Waals surface area contributed by atoms with Gasteiger partial charge in [-0.2, -0.15) is 0 Å². The van der Waals surface area contributed by atoms with Crippen LogP contribution in [-0.4, -0.2) is 14.7 Å². The van der Waals surface area contributed by atoms with Gasteiger partial charge in [-0.1, -0.05) is 29.8 Å². The fourth-order valence-corrected chi connectivity index (χ4v) is 2.83. The van der Waals surface area contributed by atoms with Gasteiger partial charge in [-0.05, 0) is 49.6 Å². The van der Waals surface area contributed by atoms with E-state index in [1.165, 1.54) is 5.52 Å². The molecule has 0 radical (unpaired) electrons. The summed E-state index contributed by atoms with van der Waals surface area (Å²) in [4.78, 5) is 4.57. The number of hydrogen-bond acceptors (Lipinski definition) is 2. The van der Waals surface area contributed by atoms with E-state index in [0.717, 1.165) is 36.3 Å². The number of benzene rings is 2. The molecule has 3 aromatic rings. The first-order chi connectivity index (χ1) is 10.1. The standard InChI is InChI=1S/C17H17ClN2O/c1-12-19-15-6-2-3-7-16(15)20(12)10-4-5-13-8-9-17(21)14(18)11-13/h2-3,6-9,11,21H,4-5,10H2,1H3. The summed E-state index contributed by atoms with van der Waals surface area (Å²) in [5.74, 6) is 1.18. The average molecular weight is 301 g/mol. The highest BCUT2D eigenvalue weighted by atomic mass is 35.5. The van der Waals surface area contributed by atoms with Gasteiger partial charge in [-0.3, -0.25) is 0 Å². The molecule has 3 nitrogen and oxygen atoms in total. The summed E-state index contributed by atoms with van der Waals surface area (Å²) in [6.07, 6.45) is 1.92. The molecule has 3 rings (SSSR count). The van der Waals surface area contributed by atoms with Crippen LogP contribution in [0.3, 0.4) is 0 Å². The number of rotatable bonds is 4. The zero-order chi connectivity index (χ0) is 14.8. The van der Waals surface area contributed by atoms with Crippen LogP contribution in [0.5, 0.6) is 5.75 Å². The zero-order valence-electron chi connectivity index (χ0n) is 11.9. The molecule has 0 aliphatic carbocycles. The minimum Gasteiger partial charge on any atom is -0.506 e. The molecular formula is C17H17ClN2O. The summed E-state index contributed by atoms with van der Waals surface area (Å²) in [6, 6.07) is 13.6. The molecule has 0 saturated carbocycles. The lowest BCUT2D eigenvalue weighted by atomic mass is 10.1. The molecule has 2 aromatic carbocycles. The lowest BCUT2D eigenvalue weighted by molar-refractivity contribution is 0.475. The number of aryl methyl sites for hydroxylation is 3. The van der Waals surface area contributed by atoms with E-state index < -0.39 is 0 Å². The maximum absolute atomic E-state index is 9.43. The number of hydrogen-bond donors (Lipinski definition) is 1. The molecule has 0 aliphatic rings. The smallest absolute Gasteiger partial charge is 0.134 e.